The molecule has 0 aromatic heterocycles. The highest BCUT2D eigenvalue weighted by molar-refractivity contribution is 7.89. The van der Waals surface area contributed by atoms with Gasteiger partial charge in [-0.05, 0) is 35.4 Å². The van der Waals surface area contributed by atoms with Crippen molar-refractivity contribution in [3.63, 3.8) is 0 Å². The van der Waals surface area contributed by atoms with E-state index in [0.717, 1.165) is 0 Å². The van der Waals surface area contributed by atoms with Gasteiger partial charge in [0.2, 0.25) is 10.0 Å². The summed E-state index contributed by atoms with van der Waals surface area (Å²) in [4.78, 5) is 0.190. The number of hydrogen-bond acceptors (Lipinski definition) is 3. The Hall–Kier alpha value is -1.38. The molecule has 0 aliphatic heterocycles. The Morgan fingerprint density at radius 3 is 2.20 bits per heavy atom. The fourth-order valence-electron chi connectivity index (χ4n) is 2.67. The number of nitrogens with one attached hydrogen (secondary N) is 1. The first-order chi connectivity index (χ1) is 9.04. The van der Waals surface area contributed by atoms with E-state index in [9.17, 15) is 8.42 Å². The summed E-state index contributed by atoms with van der Waals surface area (Å²) >= 11 is 0. The Kier molecular flexibility index (Phi) is 3.23. The van der Waals surface area contributed by atoms with Gasteiger partial charge in [-0.2, -0.15) is 5.26 Å². The van der Waals surface area contributed by atoms with E-state index in [0.29, 0.717) is 11.1 Å². The van der Waals surface area contributed by atoms with E-state index >= 15 is 0 Å². The molecule has 1 N–H and O–H groups in total. The highest BCUT2D eigenvalue weighted by atomic mass is 32.2. The Morgan fingerprint density at radius 1 is 1.20 bits per heavy atom. The molecule has 5 heteroatoms. The number of nitrogens with zero attached hydrogens (tertiary/aromatic N) is 1. The fourth-order valence-corrected chi connectivity index (χ4v) is 4.47. The molecule has 1 saturated carbocycles. The van der Waals surface area contributed by atoms with Crippen LogP contribution in [-0.2, 0) is 10.0 Å². The van der Waals surface area contributed by atoms with E-state index in [2.05, 4.69) is 32.4 Å². The van der Waals surface area contributed by atoms with E-state index in [-0.39, 0.29) is 21.8 Å². The van der Waals surface area contributed by atoms with Crippen molar-refractivity contribution < 1.29 is 8.42 Å². The summed E-state index contributed by atoms with van der Waals surface area (Å²) in [6.45, 7) is 9.95. The standard InChI is InChI=1S/C15H20N2O2S/c1-10-6-7-11(9-16)8-12(10)20(18,19)17-13-14(2,3)15(13,4)5/h6-8,13,17H,1-5H3. The van der Waals surface area contributed by atoms with Crippen molar-refractivity contribution in [2.24, 2.45) is 10.8 Å². The Labute approximate surface area is 120 Å². The maximum atomic E-state index is 12.5. The third-order valence-corrected chi connectivity index (χ3v) is 6.47. The summed E-state index contributed by atoms with van der Waals surface area (Å²) < 4.78 is 27.8. The second-order valence-corrected chi connectivity index (χ2v) is 8.27. The molecule has 1 aromatic carbocycles. The van der Waals surface area contributed by atoms with Crippen LogP contribution in [0.2, 0.25) is 0 Å². The van der Waals surface area contributed by atoms with E-state index in [1.165, 1.54) is 6.07 Å². The van der Waals surface area contributed by atoms with Gasteiger partial charge in [0.1, 0.15) is 0 Å². The molecular weight excluding hydrogens is 272 g/mol. The zero-order valence-corrected chi connectivity index (χ0v) is 13.3. The molecule has 0 radical (unpaired) electrons. The molecular formula is C15H20N2O2S. The highest BCUT2D eigenvalue weighted by Gasteiger charge is 2.66. The Morgan fingerprint density at radius 2 is 1.75 bits per heavy atom. The van der Waals surface area contributed by atoms with Gasteiger partial charge in [0.05, 0.1) is 16.5 Å². The van der Waals surface area contributed by atoms with Crippen LogP contribution >= 0.6 is 0 Å². The molecule has 0 saturated heterocycles. The topological polar surface area (TPSA) is 70.0 Å². The molecule has 20 heavy (non-hydrogen) atoms. The molecule has 0 bridgehead atoms. The zero-order chi connectivity index (χ0) is 15.3. The first kappa shape index (κ1) is 15.0. The number of rotatable bonds is 3. The molecule has 0 spiro atoms. The van der Waals surface area contributed by atoms with Crippen LogP contribution in [0.15, 0.2) is 23.1 Å². The molecule has 0 unspecified atom stereocenters. The number of benzene rings is 1. The largest absolute Gasteiger partial charge is 0.241 e. The number of aryl methyl sites for hydroxylation is 1. The summed E-state index contributed by atoms with van der Waals surface area (Å²) in [6.07, 6.45) is 0. The first-order valence-electron chi connectivity index (χ1n) is 6.57. The van der Waals surface area contributed by atoms with Crippen LogP contribution in [-0.4, -0.2) is 14.5 Å². The maximum absolute atomic E-state index is 12.5. The van der Waals surface area contributed by atoms with E-state index < -0.39 is 10.0 Å². The van der Waals surface area contributed by atoms with Crippen LogP contribution < -0.4 is 4.72 Å². The lowest BCUT2D eigenvalue weighted by molar-refractivity contribution is 0.457. The minimum absolute atomic E-state index is 0.0686. The predicted molar refractivity (Wildman–Crippen MR) is 77.6 cm³/mol. The van der Waals surface area contributed by atoms with Crippen molar-refractivity contribution in [2.75, 3.05) is 0 Å². The predicted octanol–water partition coefficient (Wildman–Crippen LogP) is 2.58. The summed E-state index contributed by atoms with van der Waals surface area (Å²) in [7, 11) is -3.60. The molecule has 0 heterocycles. The lowest BCUT2D eigenvalue weighted by Crippen LogP contribution is -2.30. The van der Waals surface area contributed by atoms with Crippen LogP contribution in [0.25, 0.3) is 0 Å². The lowest BCUT2D eigenvalue weighted by Gasteiger charge is -2.11. The molecule has 1 fully saturated rings. The van der Waals surface area contributed by atoms with Crippen molar-refractivity contribution in [3.05, 3.63) is 29.3 Å². The third-order valence-electron chi connectivity index (χ3n) is 4.90. The van der Waals surface area contributed by atoms with Gasteiger partial charge in [0.25, 0.3) is 0 Å². The first-order valence-corrected chi connectivity index (χ1v) is 8.05. The average Bonchev–Trinajstić information content (AvgIpc) is 2.72. The molecule has 0 amide bonds. The zero-order valence-electron chi connectivity index (χ0n) is 12.5. The van der Waals surface area contributed by atoms with Gasteiger partial charge in [-0.25, -0.2) is 13.1 Å². The Balaban J connectivity index is 2.36. The highest BCUT2D eigenvalue weighted by Crippen LogP contribution is 2.62. The summed E-state index contributed by atoms with van der Waals surface area (Å²) in [6, 6.07) is 6.60. The van der Waals surface area contributed by atoms with Gasteiger partial charge in [0.15, 0.2) is 0 Å². The van der Waals surface area contributed by atoms with Crippen LogP contribution in [0, 0.1) is 29.1 Å². The maximum Gasteiger partial charge on any atom is 0.241 e. The third kappa shape index (κ3) is 2.13. The van der Waals surface area contributed by atoms with E-state index in [1.807, 2.05) is 6.07 Å². The lowest BCUT2D eigenvalue weighted by atomic mass is 10.0. The molecule has 1 aliphatic carbocycles. The fraction of sp³-hybridized carbons (Fsp3) is 0.533. The van der Waals surface area contributed by atoms with Crippen LogP contribution in [0.5, 0.6) is 0 Å². The normalized spacial score (nSPS) is 20.4. The summed E-state index contributed by atoms with van der Waals surface area (Å²) in [5.74, 6) is 0. The van der Waals surface area contributed by atoms with Crippen molar-refractivity contribution >= 4 is 10.0 Å². The average molecular weight is 292 g/mol. The van der Waals surface area contributed by atoms with E-state index in [1.54, 1.807) is 19.1 Å². The van der Waals surface area contributed by atoms with Gasteiger partial charge in [0, 0.05) is 6.04 Å². The van der Waals surface area contributed by atoms with Crippen molar-refractivity contribution in [3.8, 4) is 6.07 Å². The molecule has 4 nitrogen and oxygen atoms in total. The van der Waals surface area contributed by atoms with Gasteiger partial charge in [-0.3, -0.25) is 0 Å². The molecule has 108 valence electrons. The van der Waals surface area contributed by atoms with E-state index in [4.69, 9.17) is 5.26 Å². The molecule has 1 aliphatic rings. The van der Waals surface area contributed by atoms with Crippen LogP contribution in [0.3, 0.4) is 0 Å². The minimum Gasteiger partial charge on any atom is -0.207 e. The molecule has 0 atom stereocenters. The van der Waals surface area contributed by atoms with Gasteiger partial charge in [-0.15, -0.1) is 0 Å². The van der Waals surface area contributed by atoms with Crippen molar-refractivity contribution in [2.45, 2.75) is 45.6 Å². The van der Waals surface area contributed by atoms with Gasteiger partial charge in [-0.1, -0.05) is 33.8 Å². The number of nitriles is 1. The van der Waals surface area contributed by atoms with Crippen molar-refractivity contribution in [1.82, 2.24) is 4.72 Å². The van der Waals surface area contributed by atoms with Crippen LogP contribution in [0.4, 0.5) is 0 Å². The molecule has 1 aromatic rings. The SMILES string of the molecule is Cc1ccc(C#N)cc1S(=O)(=O)NC1C(C)(C)C1(C)C. The second-order valence-electron chi connectivity index (χ2n) is 6.59. The minimum atomic E-state index is -3.60. The Bertz CT molecular complexity index is 683. The number of sulfonamides is 1. The van der Waals surface area contributed by atoms with Crippen LogP contribution in [0.1, 0.15) is 38.8 Å². The van der Waals surface area contributed by atoms with Gasteiger partial charge < -0.3 is 0 Å². The quantitative estimate of drug-likeness (QED) is 0.931. The number of hydrogen-bond donors (Lipinski definition) is 1. The smallest absolute Gasteiger partial charge is 0.207 e. The summed E-state index contributed by atoms with van der Waals surface area (Å²) in [5, 5.41) is 8.91. The molecule has 2 rings (SSSR count). The second kappa shape index (κ2) is 4.31. The summed E-state index contributed by atoms with van der Waals surface area (Å²) in [5.41, 5.74) is 0.861. The van der Waals surface area contributed by atoms with Crippen molar-refractivity contribution in [1.29, 1.82) is 5.26 Å². The van der Waals surface area contributed by atoms with Gasteiger partial charge >= 0.3 is 0 Å². The monoisotopic (exact) mass is 292 g/mol.